The van der Waals surface area contributed by atoms with Gasteiger partial charge in [-0.25, -0.2) is 27.5 Å². The Balaban J connectivity index is 2.24. The van der Waals surface area contributed by atoms with Gasteiger partial charge in [0.2, 0.25) is 0 Å². The van der Waals surface area contributed by atoms with Crippen molar-refractivity contribution in [2.75, 3.05) is 6.61 Å². The number of ether oxygens (including phenoxy) is 1. The molecule has 10 heteroatoms. The van der Waals surface area contributed by atoms with E-state index < -0.39 is 34.3 Å². The van der Waals surface area contributed by atoms with Crippen molar-refractivity contribution in [3.63, 3.8) is 0 Å². The van der Waals surface area contributed by atoms with Crippen LogP contribution in [0.15, 0.2) is 24.5 Å². The van der Waals surface area contributed by atoms with E-state index in [2.05, 4.69) is 15.3 Å². The molecule has 1 aliphatic rings. The first kappa shape index (κ1) is 20.9. The van der Waals surface area contributed by atoms with Crippen LogP contribution in [-0.2, 0) is 10.3 Å². The van der Waals surface area contributed by atoms with Crippen molar-refractivity contribution in [2.45, 2.75) is 37.8 Å². The SMILES string of the molecule is CC1(C)OCC(=S)NC(C)(c2cc(-c3ncc(Cl)cn3)c(F)cc2F)C1(F)F. The highest BCUT2D eigenvalue weighted by molar-refractivity contribution is 7.80. The van der Waals surface area contributed by atoms with Crippen molar-refractivity contribution in [2.24, 2.45) is 0 Å². The molecule has 1 aromatic heterocycles. The van der Waals surface area contributed by atoms with E-state index in [1.54, 1.807) is 0 Å². The van der Waals surface area contributed by atoms with Crippen molar-refractivity contribution in [3.8, 4) is 11.4 Å². The normalized spacial score (nSPS) is 23.8. The predicted molar refractivity (Wildman–Crippen MR) is 100 cm³/mol. The van der Waals surface area contributed by atoms with Crippen LogP contribution in [0.4, 0.5) is 17.6 Å². The third-order valence-electron chi connectivity index (χ3n) is 4.79. The molecule has 0 saturated carbocycles. The first-order chi connectivity index (χ1) is 12.9. The highest BCUT2D eigenvalue weighted by Gasteiger charge is 2.64. The highest BCUT2D eigenvalue weighted by atomic mass is 35.5. The molecule has 4 nitrogen and oxygen atoms in total. The maximum absolute atomic E-state index is 15.5. The molecular formula is C18H16ClF4N3OS. The summed E-state index contributed by atoms with van der Waals surface area (Å²) in [5.41, 5.74) is -5.04. The fourth-order valence-electron chi connectivity index (χ4n) is 3.12. The molecule has 1 aromatic carbocycles. The molecular weight excluding hydrogens is 418 g/mol. The second kappa shape index (κ2) is 6.89. The molecule has 0 bridgehead atoms. The summed E-state index contributed by atoms with van der Waals surface area (Å²) < 4.78 is 65.3. The molecule has 1 unspecified atom stereocenters. The summed E-state index contributed by atoms with van der Waals surface area (Å²) in [4.78, 5) is 7.74. The lowest BCUT2D eigenvalue weighted by Gasteiger charge is -2.44. The maximum atomic E-state index is 15.5. The van der Waals surface area contributed by atoms with Crippen LogP contribution < -0.4 is 5.32 Å². The Morgan fingerprint density at radius 3 is 2.32 bits per heavy atom. The first-order valence-corrected chi connectivity index (χ1v) is 8.98. The summed E-state index contributed by atoms with van der Waals surface area (Å²) >= 11 is 10.8. The maximum Gasteiger partial charge on any atom is 0.302 e. The summed E-state index contributed by atoms with van der Waals surface area (Å²) in [7, 11) is 0. The lowest BCUT2D eigenvalue weighted by atomic mass is 9.77. The summed E-state index contributed by atoms with van der Waals surface area (Å²) in [5.74, 6) is -5.91. The third-order valence-corrected chi connectivity index (χ3v) is 5.21. The van der Waals surface area contributed by atoms with Gasteiger partial charge in [0.25, 0.3) is 0 Å². The molecule has 2 heterocycles. The minimum absolute atomic E-state index is 0.0271. The lowest BCUT2D eigenvalue weighted by Crippen LogP contribution is -2.62. The number of thiocarbonyl (C=S) groups is 1. The molecule has 0 amide bonds. The van der Waals surface area contributed by atoms with Gasteiger partial charge in [-0.15, -0.1) is 0 Å². The molecule has 150 valence electrons. The largest absolute Gasteiger partial charge is 0.363 e. The average Bonchev–Trinajstić information content (AvgIpc) is 2.65. The summed E-state index contributed by atoms with van der Waals surface area (Å²) in [6.07, 6.45) is 2.44. The van der Waals surface area contributed by atoms with E-state index in [9.17, 15) is 8.78 Å². The molecule has 1 atom stereocenters. The van der Waals surface area contributed by atoms with E-state index in [0.717, 1.165) is 13.0 Å². The van der Waals surface area contributed by atoms with E-state index >= 15 is 8.78 Å². The Morgan fingerprint density at radius 1 is 1.11 bits per heavy atom. The van der Waals surface area contributed by atoms with Crippen LogP contribution in [0.25, 0.3) is 11.4 Å². The van der Waals surface area contributed by atoms with Gasteiger partial charge in [-0.3, -0.25) is 0 Å². The number of benzene rings is 1. The molecule has 2 aromatic rings. The van der Waals surface area contributed by atoms with Crippen molar-refractivity contribution in [1.82, 2.24) is 15.3 Å². The Hall–Kier alpha value is -1.84. The van der Waals surface area contributed by atoms with Crippen molar-refractivity contribution < 1.29 is 22.3 Å². The van der Waals surface area contributed by atoms with E-state index in [-0.39, 0.29) is 28.0 Å². The first-order valence-electron chi connectivity index (χ1n) is 8.19. The Bertz CT molecular complexity index is 939. The van der Waals surface area contributed by atoms with Crippen molar-refractivity contribution in [1.29, 1.82) is 0 Å². The number of rotatable bonds is 2. The number of nitrogens with zero attached hydrogens (tertiary/aromatic N) is 2. The number of aromatic nitrogens is 2. The van der Waals surface area contributed by atoms with E-state index in [1.807, 2.05) is 0 Å². The Kier molecular flexibility index (Phi) is 5.14. The lowest BCUT2D eigenvalue weighted by molar-refractivity contribution is -0.216. The Labute approximate surface area is 169 Å². The number of hydrogen-bond acceptors (Lipinski definition) is 4. The number of alkyl halides is 2. The Morgan fingerprint density at radius 2 is 1.71 bits per heavy atom. The molecule has 28 heavy (non-hydrogen) atoms. The smallest absolute Gasteiger partial charge is 0.302 e. The van der Waals surface area contributed by atoms with Crippen LogP contribution in [0.2, 0.25) is 5.02 Å². The van der Waals surface area contributed by atoms with Gasteiger partial charge < -0.3 is 10.1 Å². The molecule has 0 spiro atoms. The van der Waals surface area contributed by atoms with Gasteiger partial charge in [-0.05, 0) is 26.8 Å². The molecule has 1 saturated heterocycles. The van der Waals surface area contributed by atoms with Crippen LogP contribution in [0, 0.1) is 11.6 Å². The van der Waals surface area contributed by atoms with Gasteiger partial charge in [0.15, 0.2) is 5.82 Å². The molecule has 1 aliphatic heterocycles. The number of nitrogens with one attached hydrogen (secondary N) is 1. The van der Waals surface area contributed by atoms with Gasteiger partial charge in [0, 0.05) is 24.0 Å². The summed E-state index contributed by atoms with van der Waals surface area (Å²) in [6.45, 7) is 3.21. The topological polar surface area (TPSA) is 47.0 Å². The van der Waals surface area contributed by atoms with Crippen molar-refractivity contribution in [3.05, 3.63) is 46.7 Å². The minimum Gasteiger partial charge on any atom is -0.363 e. The van der Waals surface area contributed by atoms with Gasteiger partial charge >= 0.3 is 5.92 Å². The minimum atomic E-state index is -3.63. The number of halogens is 5. The van der Waals surface area contributed by atoms with Crippen LogP contribution in [0.3, 0.4) is 0 Å². The van der Waals surface area contributed by atoms with Crippen LogP contribution in [-0.4, -0.2) is 33.1 Å². The number of hydrogen-bond donors (Lipinski definition) is 1. The van der Waals surface area contributed by atoms with E-state index in [1.165, 1.54) is 26.2 Å². The molecule has 0 radical (unpaired) electrons. The second-order valence-corrected chi connectivity index (χ2v) is 8.01. The van der Waals surface area contributed by atoms with Gasteiger partial charge in [-0.1, -0.05) is 23.8 Å². The molecule has 3 rings (SSSR count). The van der Waals surface area contributed by atoms with Crippen LogP contribution in [0.1, 0.15) is 26.3 Å². The van der Waals surface area contributed by atoms with Crippen LogP contribution in [0.5, 0.6) is 0 Å². The predicted octanol–water partition coefficient (Wildman–Crippen LogP) is 4.65. The molecule has 0 aliphatic carbocycles. The standard InChI is InChI=1S/C18H16ClF4N3OS/c1-16(2)18(22,23)17(3,26-14(28)8-27-16)11-4-10(12(20)5-13(11)21)15-24-6-9(19)7-25-15/h4-7H,8H2,1-3H3,(H,26,28). The van der Waals surface area contributed by atoms with Gasteiger partial charge in [-0.2, -0.15) is 0 Å². The zero-order valence-corrected chi connectivity index (χ0v) is 16.7. The van der Waals surface area contributed by atoms with Gasteiger partial charge in [0.1, 0.15) is 27.8 Å². The monoisotopic (exact) mass is 433 g/mol. The second-order valence-electron chi connectivity index (χ2n) is 7.08. The van der Waals surface area contributed by atoms with E-state index in [0.29, 0.717) is 6.07 Å². The van der Waals surface area contributed by atoms with Crippen molar-refractivity contribution >= 4 is 28.8 Å². The zero-order valence-electron chi connectivity index (χ0n) is 15.1. The van der Waals surface area contributed by atoms with E-state index in [4.69, 9.17) is 28.6 Å². The molecule has 1 fully saturated rings. The summed E-state index contributed by atoms with van der Waals surface area (Å²) in [6, 6.07) is 1.48. The zero-order chi connectivity index (χ0) is 20.9. The third kappa shape index (κ3) is 3.25. The highest BCUT2D eigenvalue weighted by Crippen LogP contribution is 2.48. The van der Waals surface area contributed by atoms with Crippen LogP contribution >= 0.6 is 23.8 Å². The summed E-state index contributed by atoms with van der Waals surface area (Å²) in [5, 5.41) is 2.71. The average molecular weight is 434 g/mol. The fraction of sp³-hybridized carbons (Fsp3) is 0.389. The van der Waals surface area contributed by atoms with Gasteiger partial charge in [0.05, 0.1) is 17.2 Å². The quantitative estimate of drug-likeness (QED) is 0.551. The molecule has 1 N–H and O–H groups in total. The fourth-order valence-corrected chi connectivity index (χ4v) is 3.48.